The van der Waals surface area contributed by atoms with E-state index in [-0.39, 0.29) is 43.3 Å². The zero-order valence-corrected chi connectivity index (χ0v) is 17.9. The van der Waals surface area contributed by atoms with E-state index in [4.69, 9.17) is 0 Å². The Morgan fingerprint density at radius 1 is 1.20 bits per heavy atom. The van der Waals surface area contributed by atoms with Crippen LogP contribution in [0, 0.1) is 0 Å². The van der Waals surface area contributed by atoms with Gasteiger partial charge in [0.1, 0.15) is 11.5 Å². The quantitative estimate of drug-likeness (QED) is 0.808. The largest absolute Gasteiger partial charge is 0.395 e. The van der Waals surface area contributed by atoms with E-state index >= 15 is 0 Å². The molecule has 0 radical (unpaired) electrons. The first-order chi connectivity index (χ1) is 14.4. The van der Waals surface area contributed by atoms with Gasteiger partial charge in [0.15, 0.2) is 0 Å². The van der Waals surface area contributed by atoms with Crippen molar-refractivity contribution >= 4 is 34.1 Å². The van der Waals surface area contributed by atoms with Gasteiger partial charge in [-0.1, -0.05) is 30.3 Å². The molecule has 4 rings (SSSR count). The van der Waals surface area contributed by atoms with E-state index in [0.717, 1.165) is 16.0 Å². The molecule has 0 saturated carbocycles. The van der Waals surface area contributed by atoms with Crippen LogP contribution in [-0.4, -0.2) is 65.9 Å². The molecule has 0 bridgehead atoms. The number of β-amino-alcohol motifs (C(OH)–C–C–N with tert-alkyl or cyclic N) is 1. The van der Waals surface area contributed by atoms with Gasteiger partial charge >= 0.3 is 0 Å². The summed E-state index contributed by atoms with van der Waals surface area (Å²) in [5.41, 5.74) is 2.47. The van der Waals surface area contributed by atoms with Gasteiger partial charge in [-0.2, -0.15) is 0 Å². The zero-order chi connectivity index (χ0) is 21.4. The van der Waals surface area contributed by atoms with Crippen LogP contribution in [-0.2, 0) is 22.6 Å². The maximum absolute atomic E-state index is 13.1. The summed E-state index contributed by atoms with van der Waals surface area (Å²) in [6.45, 7) is 2.86. The number of hydrogen-bond acceptors (Lipinski definition) is 5. The van der Waals surface area contributed by atoms with Crippen LogP contribution in [0.1, 0.15) is 39.2 Å². The number of amides is 3. The van der Waals surface area contributed by atoms with Crippen LogP contribution in [0.2, 0.25) is 0 Å². The molecule has 8 heteroatoms. The second kappa shape index (κ2) is 8.20. The summed E-state index contributed by atoms with van der Waals surface area (Å²) in [4.78, 5) is 44.4. The topological polar surface area (TPSA) is 81.2 Å². The lowest BCUT2D eigenvalue weighted by Crippen LogP contribution is -2.39. The number of likely N-dealkylation sites (N-methyl/N-ethyl adjacent to an activating group) is 1. The monoisotopic (exact) mass is 427 g/mol. The number of thiophene rings is 1. The molecule has 2 aromatic rings. The lowest BCUT2D eigenvalue weighted by atomic mass is 9.97. The maximum Gasteiger partial charge on any atom is 0.257 e. The molecular weight excluding hydrogens is 402 g/mol. The molecule has 0 saturated heterocycles. The molecule has 1 aromatic carbocycles. The Morgan fingerprint density at radius 2 is 1.93 bits per heavy atom. The van der Waals surface area contributed by atoms with Crippen LogP contribution in [0.4, 0.5) is 5.00 Å². The lowest BCUT2D eigenvalue weighted by molar-refractivity contribution is -0.133. The Labute approximate surface area is 179 Å². The predicted molar refractivity (Wildman–Crippen MR) is 115 cm³/mol. The van der Waals surface area contributed by atoms with E-state index in [0.29, 0.717) is 30.1 Å². The number of rotatable bonds is 4. The van der Waals surface area contributed by atoms with Gasteiger partial charge < -0.3 is 14.9 Å². The fourth-order valence-corrected chi connectivity index (χ4v) is 5.53. The van der Waals surface area contributed by atoms with E-state index < -0.39 is 0 Å². The van der Waals surface area contributed by atoms with Gasteiger partial charge in [-0.05, 0) is 24.5 Å². The number of aliphatic hydroxyl groups is 1. The van der Waals surface area contributed by atoms with Crippen LogP contribution < -0.4 is 4.90 Å². The number of carbonyl (C=O) groups is 3. The smallest absolute Gasteiger partial charge is 0.257 e. The van der Waals surface area contributed by atoms with Gasteiger partial charge in [0, 0.05) is 25.0 Å². The normalized spacial score (nSPS) is 17.5. The number of carbonyl (C=O) groups excluding carboxylic acids is 3. The fraction of sp³-hybridized carbons (Fsp3) is 0.409. The molecule has 2 aliphatic heterocycles. The summed E-state index contributed by atoms with van der Waals surface area (Å²) >= 11 is 1.39. The Morgan fingerprint density at radius 3 is 2.63 bits per heavy atom. The Kier molecular flexibility index (Phi) is 5.62. The zero-order valence-electron chi connectivity index (χ0n) is 17.1. The Balaban J connectivity index is 1.65. The minimum Gasteiger partial charge on any atom is -0.395 e. The van der Waals surface area contributed by atoms with Crippen LogP contribution in [0.3, 0.4) is 0 Å². The van der Waals surface area contributed by atoms with Gasteiger partial charge in [-0.3, -0.25) is 19.3 Å². The first kappa shape index (κ1) is 20.6. The number of anilines is 1. The third-order valence-corrected chi connectivity index (χ3v) is 7.06. The molecule has 3 heterocycles. The highest BCUT2D eigenvalue weighted by molar-refractivity contribution is 7.17. The van der Waals surface area contributed by atoms with Gasteiger partial charge in [0.05, 0.1) is 24.6 Å². The van der Waals surface area contributed by atoms with Crippen LogP contribution >= 0.6 is 11.3 Å². The molecule has 0 aliphatic carbocycles. The van der Waals surface area contributed by atoms with Crippen molar-refractivity contribution in [2.45, 2.75) is 25.8 Å². The van der Waals surface area contributed by atoms with E-state index in [1.165, 1.54) is 21.1 Å². The van der Waals surface area contributed by atoms with Crippen molar-refractivity contribution in [1.82, 2.24) is 9.80 Å². The van der Waals surface area contributed by atoms with Crippen molar-refractivity contribution in [1.29, 1.82) is 0 Å². The average molecular weight is 428 g/mol. The number of aliphatic hydroxyl groups excluding tert-OH is 1. The number of benzene rings is 1. The molecule has 30 heavy (non-hydrogen) atoms. The van der Waals surface area contributed by atoms with E-state index in [1.54, 1.807) is 7.05 Å². The molecule has 0 spiro atoms. The third kappa shape index (κ3) is 3.50. The number of fused-ring (bicyclic) bond motifs is 3. The van der Waals surface area contributed by atoms with Gasteiger partial charge in [-0.15, -0.1) is 11.3 Å². The molecule has 158 valence electrons. The molecule has 1 aromatic heterocycles. The van der Waals surface area contributed by atoms with Gasteiger partial charge in [0.2, 0.25) is 11.8 Å². The Bertz CT molecular complexity index is 988. The third-order valence-electron chi connectivity index (χ3n) is 5.82. The summed E-state index contributed by atoms with van der Waals surface area (Å²) in [6.07, 6.45) is 0.579. The summed E-state index contributed by atoms with van der Waals surface area (Å²) in [6, 6.07) is 9.70. The first-order valence-electron chi connectivity index (χ1n) is 10.1. The van der Waals surface area contributed by atoms with Crippen molar-refractivity contribution < 1.29 is 19.5 Å². The van der Waals surface area contributed by atoms with Crippen LogP contribution in [0.25, 0.3) is 0 Å². The standard InChI is InChI=1S/C22H25N3O4S/c1-14(15-6-4-3-5-7-15)20(28)24-9-8-16-17(12-24)30-22-19(16)21(29)23(2)13-18(27)25(22)10-11-26/h3-7,14,26H,8-13H2,1-2H3. The second-order valence-electron chi connectivity index (χ2n) is 7.76. The summed E-state index contributed by atoms with van der Waals surface area (Å²) in [7, 11) is 1.62. The SMILES string of the molecule is CC(C(=O)N1CCc2c(sc3c2C(=O)N(C)CC(=O)N3CCO)C1)c1ccccc1. The van der Waals surface area contributed by atoms with Crippen molar-refractivity contribution in [3.63, 3.8) is 0 Å². The fourth-order valence-electron chi connectivity index (χ4n) is 4.14. The molecule has 1 atom stereocenters. The van der Waals surface area contributed by atoms with Gasteiger partial charge in [0.25, 0.3) is 5.91 Å². The van der Waals surface area contributed by atoms with E-state index in [1.807, 2.05) is 42.2 Å². The molecule has 2 aliphatic rings. The van der Waals surface area contributed by atoms with Crippen molar-refractivity contribution in [2.75, 3.05) is 38.2 Å². The lowest BCUT2D eigenvalue weighted by Gasteiger charge is -2.30. The molecule has 1 N–H and O–H groups in total. The van der Waals surface area contributed by atoms with Crippen LogP contribution in [0.5, 0.6) is 0 Å². The second-order valence-corrected chi connectivity index (χ2v) is 8.84. The number of hydrogen-bond donors (Lipinski definition) is 1. The highest BCUT2D eigenvalue weighted by Gasteiger charge is 2.37. The maximum atomic E-state index is 13.1. The van der Waals surface area contributed by atoms with Crippen molar-refractivity contribution in [2.24, 2.45) is 0 Å². The first-order valence-corrected chi connectivity index (χ1v) is 10.9. The summed E-state index contributed by atoms with van der Waals surface area (Å²) < 4.78 is 0. The minimum absolute atomic E-state index is 0.00575. The van der Waals surface area contributed by atoms with Crippen molar-refractivity contribution in [3.05, 3.63) is 51.9 Å². The number of nitrogens with zero attached hydrogens (tertiary/aromatic N) is 3. The highest BCUT2D eigenvalue weighted by Crippen LogP contribution is 2.41. The van der Waals surface area contributed by atoms with Gasteiger partial charge in [-0.25, -0.2) is 0 Å². The molecule has 3 amide bonds. The molecule has 1 unspecified atom stereocenters. The molecule has 0 fully saturated rings. The minimum atomic E-state index is -0.245. The van der Waals surface area contributed by atoms with Crippen LogP contribution in [0.15, 0.2) is 30.3 Å². The van der Waals surface area contributed by atoms with E-state index in [9.17, 15) is 19.5 Å². The highest BCUT2D eigenvalue weighted by atomic mass is 32.1. The molecule has 7 nitrogen and oxygen atoms in total. The summed E-state index contributed by atoms with van der Waals surface area (Å²) in [5.74, 6) is -0.565. The predicted octanol–water partition coefficient (Wildman–Crippen LogP) is 1.85. The molecular formula is C22H25N3O4S. The van der Waals surface area contributed by atoms with E-state index in [2.05, 4.69) is 0 Å². The van der Waals surface area contributed by atoms with Crippen molar-refractivity contribution in [3.8, 4) is 0 Å². The average Bonchev–Trinajstić information content (AvgIpc) is 3.10. The Hall–Kier alpha value is -2.71. The summed E-state index contributed by atoms with van der Waals surface area (Å²) in [5, 5.41) is 10.0.